The second kappa shape index (κ2) is 5.24. The second-order valence-corrected chi connectivity index (χ2v) is 6.90. The van der Waals surface area contributed by atoms with Crippen molar-refractivity contribution in [1.82, 2.24) is 4.31 Å². The fourth-order valence-electron chi connectivity index (χ4n) is 1.87. The Bertz CT molecular complexity index is 613. The minimum Gasteiger partial charge on any atom is -0.398 e. The summed E-state index contributed by atoms with van der Waals surface area (Å²) in [5, 5.41) is 0. The van der Waals surface area contributed by atoms with Crippen molar-refractivity contribution in [2.24, 2.45) is 5.92 Å². The molecule has 19 heavy (non-hydrogen) atoms. The van der Waals surface area contributed by atoms with Crippen LogP contribution >= 0.6 is 0 Å². The molecule has 2 N–H and O–H groups in total. The van der Waals surface area contributed by atoms with Crippen LogP contribution in [-0.2, 0) is 10.0 Å². The first-order valence-electron chi connectivity index (χ1n) is 6.25. The van der Waals surface area contributed by atoms with Crippen molar-refractivity contribution in [1.29, 1.82) is 0 Å². The van der Waals surface area contributed by atoms with E-state index in [1.54, 1.807) is 12.1 Å². The largest absolute Gasteiger partial charge is 0.398 e. The summed E-state index contributed by atoms with van der Waals surface area (Å²) < 4.78 is 26.4. The van der Waals surface area contributed by atoms with Gasteiger partial charge < -0.3 is 5.73 Å². The van der Waals surface area contributed by atoms with Crippen molar-refractivity contribution in [3.8, 4) is 12.3 Å². The van der Waals surface area contributed by atoms with Gasteiger partial charge >= 0.3 is 0 Å². The van der Waals surface area contributed by atoms with Crippen LogP contribution in [-0.4, -0.2) is 25.8 Å². The fraction of sp³-hybridized carbons (Fsp3) is 0.429. The number of terminal acetylenes is 1. The molecule has 0 heterocycles. The minimum absolute atomic E-state index is 0.104. The van der Waals surface area contributed by atoms with Crippen molar-refractivity contribution in [2.75, 3.05) is 18.8 Å². The van der Waals surface area contributed by atoms with Crippen molar-refractivity contribution in [2.45, 2.75) is 24.7 Å². The predicted molar refractivity (Wildman–Crippen MR) is 75.9 cm³/mol. The molecular formula is C14H18N2O2S. The van der Waals surface area contributed by atoms with Crippen molar-refractivity contribution in [3.05, 3.63) is 23.8 Å². The number of nitrogens with zero attached hydrogens (tertiary/aromatic N) is 1. The lowest BCUT2D eigenvalue weighted by molar-refractivity contribution is 0.430. The quantitative estimate of drug-likeness (QED) is 0.657. The van der Waals surface area contributed by atoms with Gasteiger partial charge in [-0.25, -0.2) is 8.42 Å². The zero-order valence-corrected chi connectivity index (χ0v) is 11.8. The van der Waals surface area contributed by atoms with Crippen molar-refractivity contribution < 1.29 is 8.42 Å². The Hall–Kier alpha value is -1.51. The maximum Gasteiger partial charge on any atom is 0.244 e. The number of nitrogens with two attached hydrogens (primary N) is 1. The normalized spacial score (nSPS) is 15.4. The minimum atomic E-state index is -3.55. The highest BCUT2D eigenvalue weighted by Gasteiger charge is 2.31. The molecule has 1 aromatic rings. The van der Waals surface area contributed by atoms with E-state index in [0.717, 1.165) is 18.4 Å². The molecule has 4 nitrogen and oxygen atoms in total. The molecule has 0 atom stereocenters. The third-order valence-corrected chi connectivity index (χ3v) is 5.12. The number of hydrogen-bond donors (Lipinski definition) is 1. The number of anilines is 1. The van der Waals surface area contributed by atoms with Crippen molar-refractivity contribution in [3.63, 3.8) is 0 Å². The van der Waals surface area contributed by atoms with Gasteiger partial charge in [0.05, 0.1) is 11.4 Å². The third kappa shape index (κ3) is 3.09. The van der Waals surface area contributed by atoms with E-state index < -0.39 is 10.0 Å². The summed E-state index contributed by atoms with van der Waals surface area (Å²) >= 11 is 0. The van der Waals surface area contributed by atoms with Gasteiger partial charge in [-0.1, -0.05) is 12.0 Å². The number of hydrogen-bond acceptors (Lipinski definition) is 3. The van der Waals surface area contributed by atoms with E-state index in [1.165, 1.54) is 10.4 Å². The Morgan fingerprint density at radius 2 is 2.16 bits per heavy atom. The van der Waals surface area contributed by atoms with Gasteiger partial charge in [0.2, 0.25) is 10.0 Å². The van der Waals surface area contributed by atoms with Gasteiger partial charge in [0, 0.05) is 12.2 Å². The monoisotopic (exact) mass is 278 g/mol. The Kier molecular flexibility index (Phi) is 3.83. The van der Waals surface area contributed by atoms with E-state index in [9.17, 15) is 8.42 Å². The first-order chi connectivity index (χ1) is 8.95. The number of benzene rings is 1. The number of nitrogen functional groups attached to an aromatic ring is 1. The second-order valence-electron chi connectivity index (χ2n) is 4.96. The lowest BCUT2D eigenvalue weighted by Gasteiger charge is -2.20. The van der Waals surface area contributed by atoms with E-state index in [1.807, 2.05) is 6.92 Å². The molecule has 0 bridgehead atoms. The van der Waals surface area contributed by atoms with Gasteiger partial charge in [-0.2, -0.15) is 4.31 Å². The number of aryl methyl sites for hydroxylation is 1. The zero-order valence-electron chi connectivity index (χ0n) is 11.0. The molecule has 0 amide bonds. The SMILES string of the molecule is C#CCN(CC1CC1)S(=O)(=O)c1ccc(C)c(N)c1. The lowest BCUT2D eigenvalue weighted by Crippen LogP contribution is -2.33. The lowest BCUT2D eigenvalue weighted by atomic mass is 10.2. The topological polar surface area (TPSA) is 63.4 Å². The Balaban J connectivity index is 2.32. The van der Waals surface area contributed by atoms with E-state index in [-0.39, 0.29) is 11.4 Å². The average molecular weight is 278 g/mol. The molecule has 1 saturated carbocycles. The highest BCUT2D eigenvalue weighted by molar-refractivity contribution is 7.89. The van der Waals surface area contributed by atoms with E-state index in [0.29, 0.717) is 18.2 Å². The molecule has 0 saturated heterocycles. The van der Waals surface area contributed by atoms with Gasteiger partial charge in [0.15, 0.2) is 0 Å². The standard InChI is InChI=1S/C14H18N2O2S/c1-3-8-16(10-12-5-6-12)19(17,18)13-7-4-11(2)14(15)9-13/h1,4,7,9,12H,5-6,8,10,15H2,2H3. The first-order valence-corrected chi connectivity index (χ1v) is 7.69. The summed E-state index contributed by atoms with van der Waals surface area (Å²) in [7, 11) is -3.55. The van der Waals surface area contributed by atoms with Crippen LogP contribution in [0.15, 0.2) is 23.1 Å². The summed E-state index contributed by atoms with van der Waals surface area (Å²) in [4.78, 5) is 0.214. The zero-order chi connectivity index (χ0) is 14.0. The Labute approximate surface area is 114 Å². The van der Waals surface area contributed by atoms with Crippen LogP contribution in [0.5, 0.6) is 0 Å². The van der Waals surface area contributed by atoms with Gasteiger partial charge in [0.25, 0.3) is 0 Å². The molecule has 1 aromatic carbocycles. The van der Waals surface area contributed by atoms with Gasteiger partial charge in [0.1, 0.15) is 0 Å². The molecule has 1 fully saturated rings. The van der Waals surface area contributed by atoms with E-state index in [2.05, 4.69) is 5.92 Å². The molecule has 0 spiro atoms. The van der Waals surface area contributed by atoms with Crippen molar-refractivity contribution >= 4 is 15.7 Å². The Morgan fingerprint density at radius 1 is 1.47 bits per heavy atom. The maximum absolute atomic E-state index is 12.5. The van der Waals surface area contributed by atoms with Crippen LogP contribution in [0, 0.1) is 25.2 Å². The molecule has 102 valence electrons. The summed E-state index contributed by atoms with van der Waals surface area (Å²) in [6.07, 6.45) is 7.43. The first kappa shape index (κ1) is 13.9. The molecule has 0 aromatic heterocycles. The van der Waals surface area contributed by atoms with Crippen LogP contribution in [0.2, 0.25) is 0 Å². The highest BCUT2D eigenvalue weighted by Crippen LogP contribution is 2.31. The van der Waals surface area contributed by atoms with Crippen LogP contribution in [0.4, 0.5) is 5.69 Å². The highest BCUT2D eigenvalue weighted by atomic mass is 32.2. The summed E-state index contributed by atoms with van der Waals surface area (Å²) in [6.45, 7) is 2.45. The molecule has 5 heteroatoms. The summed E-state index contributed by atoms with van der Waals surface area (Å²) in [5.74, 6) is 2.87. The smallest absolute Gasteiger partial charge is 0.244 e. The molecule has 1 aliphatic carbocycles. The van der Waals surface area contributed by atoms with E-state index in [4.69, 9.17) is 12.2 Å². The van der Waals surface area contributed by atoms with Crippen LogP contribution < -0.4 is 5.73 Å². The summed E-state index contributed by atoms with van der Waals surface area (Å²) in [5.41, 5.74) is 7.13. The van der Waals surface area contributed by atoms with Crippen LogP contribution in [0.1, 0.15) is 18.4 Å². The molecule has 0 aliphatic heterocycles. The predicted octanol–water partition coefficient (Wildman–Crippen LogP) is 1.61. The average Bonchev–Trinajstić information content (AvgIpc) is 3.16. The van der Waals surface area contributed by atoms with Crippen LogP contribution in [0.3, 0.4) is 0 Å². The van der Waals surface area contributed by atoms with Gasteiger partial charge in [-0.3, -0.25) is 0 Å². The molecule has 0 radical (unpaired) electrons. The van der Waals surface area contributed by atoms with Gasteiger partial charge in [-0.15, -0.1) is 6.42 Å². The maximum atomic E-state index is 12.5. The summed E-state index contributed by atoms with van der Waals surface area (Å²) in [6, 6.07) is 4.80. The molecule has 2 rings (SSSR count). The number of rotatable bonds is 5. The van der Waals surface area contributed by atoms with Crippen LogP contribution in [0.25, 0.3) is 0 Å². The number of sulfonamides is 1. The molecular weight excluding hydrogens is 260 g/mol. The molecule has 0 unspecified atom stereocenters. The molecule has 1 aliphatic rings. The Morgan fingerprint density at radius 3 is 2.68 bits per heavy atom. The van der Waals surface area contributed by atoms with Gasteiger partial charge in [-0.05, 0) is 43.4 Å². The van der Waals surface area contributed by atoms with E-state index >= 15 is 0 Å². The third-order valence-electron chi connectivity index (χ3n) is 3.31. The fourth-order valence-corrected chi connectivity index (χ4v) is 3.33.